The van der Waals surface area contributed by atoms with Gasteiger partial charge in [-0.25, -0.2) is 5.43 Å². The van der Waals surface area contributed by atoms with Crippen molar-refractivity contribution in [2.75, 3.05) is 91.9 Å². The Balaban J connectivity index is 1.14. The van der Waals surface area contributed by atoms with Crippen LogP contribution in [0.3, 0.4) is 0 Å². The van der Waals surface area contributed by atoms with Crippen molar-refractivity contribution in [1.29, 1.82) is 0 Å². The van der Waals surface area contributed by atoms with Gasteiger partial charge in [0, 0.05) is 68.2 Å². The molecule has 73 heavy (non-hydrogen) atoms. The van der Waals surface area contributed by atoms with Crippen LogP contribution in [0.4, 0.5) is 18.9 Å². The Labute approximate surface area is 428 Å². The standard InChI is InChI=1S/C54H77F3N8O8/c1-12-44(59-49(68)43(36(2)3)31-73-39-29-63(30-39)46(67)18-20-52(7,8)61(9)10)50(69)65-22-14-19-53(33-66,60-65)35-72-34-51(5,6)28-42-41-27-38(62-23-25-71-26-24-62)16-17-45(41)64(32-54(55,56)57)48(42)40-15-13-21-58-47(40)37(4)70-11/h13,15-17,21,27,33,36-37,39,43-44,60H,12,14,19,22-26,28-32,34-35H2,1-11H3,(H,59,68)/t37-,43-,44-,53?/m0/s1. The summed E-state index contributed by atoms with van der Waals surface area (Å²) in [6.45, 7) is 17.6. The third-order valence-corrected chi connectivity index (χ3v) is 14.5. The first kappa shape index (κ1) is 57.2. The molecule has 3 amide bonds. The minimum Gasteiger partial charge on any atom is -0.378 e. The molecule has 1 aromatic carbocycles. The van der Waals surface area contributed by atoms with Crippen molar-refractivity contribution in [3.63, 3.8) is 0 Å². The summed E-state index contributed by atoms with van der Waals surface area (Å²) in [4.78, 5) is 63.9. The number of pyridine rings is 1. The zero-order valence-corrected chi connectivity index (χ0v) is 44.6. The van der Waals surface area contributed by atoms with E-state index in [1.54, 1.807) is 36.2 Å². The van der Waals surface area contributed by atoms with E-state index in [1.165, 1.54) is 16.7 Å². The maximum atomic E-state index is 14.6. The maximum Gasteiger partial charge on any atom is 0.406 e. The molecule has 3 fully saturated rings. The third-order valence-electron chi connectivity index (χ3n) is 14.5. The Morgan fingerprint density at radius 1 is 1.07 bits per heavy atom. The highest BCUT2D eigenvalue weighted by molar-refractivity contribution is 5.95. The predicted molar refractivity (Wildman–Crippen MR) is 273 cm³/mol. The fraction of sp³-hybridized carbons (Fsp3) is 0.648. The molecular formula is C54H77F3N8O8. The number of halogens is 3. The minimum atomic E-state index is -4.54. The molecule has 3 saturated heterocycles. The van der Waals surface area contributed by atoms with Crippen LogP contribution in [0.5, 0.6) is 0 Å². The van der Waals surface area contributed by atoms with Gasteiger partial charge in [-0.1, -0.05) is 40.5 Å². The average molecular weight is 1020 g/mol. The number of carbonyl (C=O) groups excluding carboxylic acids is 4. The van der Waals surface area contributed by atoms with Crippen LogP contribution < -0.4 is 15.6 Å². The highest BCUT2D eigenvalue weighted by atomic mass is 19.4. The average Bonchev–Trinajstić information content (AvgIpc) is 3.61. The lowest BCUT2D eigenvalue weighted by Gasteiger charge is -2.42. The number of hydrazine groups is 1. The molecule has 402 valence electrons. The number of ether oxygens (including phenoxy) is 4. The lowest BCUT2D eigenvalue weighted by molar-refractivity contribution is -0.149. The topological polar surface area (TPSA) is 160 Å². The summed E-state index contributed by atoms with van der Waals surface area (Å²) in [5, 5.41) is 5.01. The molecule has 0 radical (unpaired) electrons. The fourth-order valence-electron chi connectivity index (χ4n) is 9.40. The SMILES string of the molecule is CC[C@H](NC(=O)[C@@H](COC1CN(C(=O)C#CC(C)(C)N(C)C)C1)C(C)C)C(=O)N1CCCC(C=O)(COCC(C)(C)Cc2c(-c3cccnc3[C@H](C)OC)n(CC(F)(F)F)c3ccc(N4CCOCC4)cc23)N1. The number of anilines is 1. The second-order valence-corrected chi connectivity index (χ2v) is 21.6. The van der Waals surface area contributed by atoms with Crippen molar-refractivity contribution < 1.29 is 51.3 Å². The van der Waals surface area contributed by atoms with Crippen LogP contribution in [0.1, 0.15) is 92.0 Å². The van der Waals surface area contributed by atoms with Crippen LogP contribution in [0, 0.1) is 29.1 Å². The molecular weight excluding hydrogens is 946 g/mol. The number of likely N-dealkylation sites (tertiary alicyclic amines) is 1. The predicted octanol–water partition coefficient (Wildman–Crippen LogP) is 6.20. The number of methoxy groups -OCH3 is 1. The van der Waals surface area contributed by atoms with Crippen LogP contribution in [-0.2, 0) is 51.1 Å². The molecule has 3 aliphatic heterocycles. The fourth-order valence-corrected chi connectivity index (χ4v) is 9.40. The monoisotopic (exact) mass is 1020 g/mol. The first-order valence-electron chi connectivity index (χ1n) is 25.5. The number of nitrogens with one attached hydrogen (secondary N) is 2. The Kier molecular flexibility index (Phi) is 18.8. The number of benzene rings is 1. The molecule has 2 aromatic heterocycles. The molecule has 3 aliphatic rings. The number of hydrogen-bond acceptors (Lipinski definition) is 12. The molecule has 4 atom stereocenters. The van der Waals surface area contributed by atoms with Gasteiger partial charge in [0.05, 0.1) is 68.1 Å². The molecule has 2 N–H and O–H groups in total. The largest absolute Gasteiger partial charge is 0.406 e. The van der Waals surface area contributed by atoms with E-state index in [2.05, 4.69) is 32.5 Å². The van der Waals surface area contributed by atoms with Crippen LogP contribution in [0.25, 0.3) is 22.2 Å². The first-order valence-corrected chi connectivity index (χ1v) is 25.5. The molecule has 5 heterocycles. The minimum absolute atomic E-state index is 0.0908. The summed E-state index contributed by atoms with van der Waals surface area (Å²) in [5.41, 5.74) is 4.18. The summed E-state index contributed by atoms with van der Waals surface area (Å²) in [7, 11) is 5.34. The highest BCUT2D eigenvalue weighted by Crippen LogP contribution is 2.43. The van der Waals surface area contributed by atoms with Crippen LogP contribution in [0.15, 0.2) is 36.5 Å². The normalized spacial score (nSPS) is 19.4. The number of aldehydes is 1. The zero-order valence-electron chi connectivity index (χ0n) is 44.6. The number of hydrogen-bond donors (Lipinski definition) is 2. The van der Waals surface area contributed by atoms with Gasteiger partial charge in [-0.2, -0.15) is 13.2 Å². The van der Waals surface area contributed by atoms with E-state index >= 15 is 0 Å². The lowest BCUT2D eigenvalue weighted by Crippen LogP contribution is -2.66. The van der Waals surface area contributed by atoms with E-state index in [1.807, 2.05) is 79.6 Å². The van der Waals surface area contributed by atoms with Gasteiger partial charge in [-0.15, -0.1) is 0 Å². The van der Waals surface area contributed by atoms with E-state index in [4.69, 9.17) is 18.9 Å². The summed E-state index contributed by atoms with van der Waals surface area (Å²) in [6.07, 6.45) is -1.50. The maximum absolute atomic E-state index is 14.6. The van der Waals surface area contributed by atoms with Gasteiger partial charge in [0.2, 0.25) is 5.91 Å². The summed E-state index contributed by atoms with van der Waals surface area (Å²) in [6, 6.07) is 8.21. The number of amides is 3. The Morgan fingerprint density at radius 2 is 1.78 bits per heavy atom. The van der Waals surface area contributed by atoms with Crippen molar-refractivity contribution in [3.8, 4) is 23.1 Å². The van der Waals surface area contributed by atoms with Crippen molar-refractivity contribution >= 4 is 40.6 Å². The Hall–Kier alpha value is -5.10. The summed E-state index contributed by atoms with van der Waals surface area (Å²) < 4.78 is 69.0. The van der Waals surface area contributed by atoms with E-state index in [9.17, 15) is 32.3 Å². The smallest absolute Gasteiger partial charge is 0.378 e. The number of alkyl halides is 3. The van der Waals surface area contributed by atoms with E-state index in [0.29, 0.717) is 105 Å². The molecule has 3 aromatic rings. The number of nitrogens with zero attached hydrogens (tertiary/aromatic N) is 6. The molecule has 19 heteroatoms. The number of morpholine rings is 1. The van der Waals surface area contributed by atoms with Crippen molar-refractivity contribution in [2.45, 2.75) is 123 Å². The van der Waals surface area contributed by atoms with Gasteiger partial charge < -0.3 is 43.4 Å². The van der Waals surface area contributed by atoms with Crippen molar-refractivity contribution in [1.82, 2.24) is 35.1 Å². The van der Waals surface area contributed by atoms with Crippen LogP contribution in [0.2, 0.25) is 0 Å². The van der Waals surface area contributed by atoms with E-state index < -0.39 is 53.2 Å². The quantitative estimate of drug-likeness (QED) is 0.0922. The number of aromatic nitrogens is 2. The second kappa shape index (κ2) is 24.1. The summed E-state index contributed by atoms with van der Waals surface area (Å²) in [5.74, 6) is 4.05. The van der Waals surface area contributed by atoms with Crippen molar-refractivity contribution in [3.05, 3.63) is 47.8 Å². The number of rotatable bonds is 21. The molecule has 0 saturated carbocycles. The number of carbonyl (C=O) groups is 4. The van der Waals surface area contributed by atoms with Crippen LogP contribution >= 0.6 is 0 Å². The molecule has 6 rings (SSSR count). The van der Waals surface area contributed by atoms with Gasteiger partial charge in [0.15, 0.2) is 0 Å². The number of fused-ring (bicyclic) bond motifs is 1. The van der Waals surface area contributed by atoms with Gasteiger partial charge in [-0.05, 0) is 114 Å². The molecule has 1 unspecified atom stereocenters. The molecule has 0 bridgehead atoms. The Morgan fingerprint density at radius 3 is 2.41 bits per heavy atom. The van der Waals surface area contributed by atoms with Crippen molar-refractivity contribution in [2.24, 2.45) is 17.3 Å². The lowest BCUT2D eigenvalue weighted by atomic mass is 9.84. The van der Waals surface area contributed by atoms with Gasteiger partial charge in [0.1, 0.15) is 24.4 Å². The van der Waals surface area contributed by atoms with E-state index in [-0.39, 0.29) is 43.7 Å². The zero-order chi connectivity index (χ0) is 53.5. The third kappa shape index (κ3) is 14.2. The molecule has 0 aliphatic carbocycles. The second-order valence-electron chi connectivity index (χ2n) is 21.6. The van der Waals surface area contributed by atoms with Gasteiger partial charge in [-0.3, -0.25) is 29.3 Å². The summed E-state index contributed by atoms with van der Waals surface area (Å²) >= 11 is 0. The molecule has 16 nitrogen and oxygen atoms in total. The van der Waals surface area contributed by atoms with E-state index in [0.717, 1.165) is 12.0 Å². The highest BCUT2D eigenvalue weighted by Gasteiger charge is 2.41. The first-order chi connectivity index (χ1) is 34.4. The Bertz CT molecular complexity index is 2470. The van der Waals surface area contributed by atoms with Gasteiger partial charge >= 0.3 is 6.18 Å². The van der Waals surface area contributed by atoms with Gasteiger partial charge in [0.25, 0.3) is 11.8 Å². The van der Waals surface area contributed by atoms with Crippen LogP contribution in [-0.4, -0.2) is 165 Å². The molecule has 0 spiro atoms.